The number of rotatable bonds is 3. The lowest BCUT2D eigenvalue weighted by Crippen LogP contribution is -2.51. The first-order valence-electron chi connectivity index (χ1n) is 7.67. The van der Waals surface area contributed by atoms with Crippen molar-refractivity contribution in [2.24, 2.45) is 10.8 Å². The lowest BCUT2D eigenvalue weighted by Gasteiger charge is -2.50. The molecule has 1 aliphatic heterocycles. The maximum absolute atomic E-state index is 6.46. The number of fused-ring (bicyclic) bond motifs is 1. The highest BCUT2D eigenvalue weighted by molar-refractivity contribution is 5.37. The Kier molecular flexibility index (Phi) is 3.94. The summed E-state index contributed by atoms with van der Waals surface area (Å²) in [7, 11) is 0. The Morgan fingerprint density at radius 3 is 2.47 bits per heavy atom. The number of ether oxygens (including phenoxy) is 1. The molecule has 2 atom stereocenters. The average Bonchev–Trinajstić information content (AvgIpc) is 2.37. The molecule has 19 heavy (non-hydrogen) atoms. The standard InChI is InChI=1S/C18H28O/c1-6-12-18(7-2)13-14-10-8-9-11-15(14)19-16(18)17(3,4)5/h8-11,16H,6-7,12-13H2,1-5H3. The van der Waals surface area contributed by atoms with E-state index >= 15 is 0 Å². The van der Waals surface area contributed by atoms with Crippen molar-refractivity contribution in [3.63, 3.8) is 0 Å². The van der Waals surface area contributed by atoms with Crippen molar-refractivity contribution < 1.29 is 4.74 Å². The third-order valence-corrected chi connectivity index (χ3v) is 4.55. The van der Waals surface area contributed by atoms with Crippen LogP contribution in [0.15, 0.2) is 24.3 Å². The Balaban J connectivity index is 2.45. The molecule has 0 saturated heterocycles. The van der Waals surface area contributed by atoms with Gasteiger partial charge in [0.2, 0.25) is 0 Å². The van der Waals surface area contributed by atoms with E-state index in [1.165, 1.54) is 24.8 Å². The van der Waals surface area contributed by atoms with Crippen LogP contribution >= 0.6 is 0 Å². The van der Waals surface area contributed by atoms with Crippen molar-refractivity contribution in [1.29, 1.82) is 0 Å². The molecule has 0 bridgehead atoms. The molecule has 1 aromatic carbocycles. The van der Waals surface area contributed by atoms with Crippen LogP contribution in [0.3, 0.4) is 0 Å². The van der Waals surface area contributed by atoms with Crippen LogP contribution in [0.4, 0.5) is 0 Å². The molecular weight excluding hydrogens is 232 g/mol. The highest BCUT2D eigenvalue weighted by atomic mass is 16.5. The normalized spacial score (nSPS) is 26.7. The summed E-state index contributed by atoms with van der Waals surface area (Å²) < 4.78 is 6.46. The molecule has 0 amide bonds. The van der Waals surface area contributed by atoms with E-state index in [1.54, 1.807) is 0 Å². The van der Waals surface area contributed by atoms with Gasteiger partial charge in [-0.2, -0.15) is 0 Å². The lowest BCUT2D eigenvalue weighted by atomic mass is 9.63. The number of para-hydroxylation sites is 1. The molecule has 1 aliphatic rings. The molecule has 0 aliphatic carbocycles. The van der Waals surface area contributed by atoms with Crippen LogP contribution < -0.4 is 4.74 Å². The van der Waals surface area contributed by atoms with Gasteiger partial charge in [0.05, 0.1) is 0 Å². The Morgan fingerprint density at radius 2 is 1.89 bits per heavy atom. The van der Waals surface area contributed by atoms with Crippen LogP contribution in [0.1, 0.15) is 59.4 Å². The molecule has 0 aromatic heterocycles. The van der Waals surface area contributed by atoms with Gasteiger partial charge in [0.1, 0.15) is 11.9 Å². The fourth-order valence-electron chi connectivity index (χ4n) is 3.79. The maximum atomic E-state index is 6.46. The minimum Gasteiger partial charge on any atom is -0.489 e. The summed E-state index contributed by atoms with van der Waals surface area (Å²) in [5.74, 6) is 1.10. The van der Waals surface area contributed by atoms with Gasteiger partial charge in [-0.3, -0.25) is 0 Å². The molecule has 1 aromatic rings. The van der Waals surface area contributed by atoms with Gasteiger partial charge < -0.3 is 4.74 Å². The first-order chi connectivity index (χ1) is 8.93. The fourth-order valence-corrected chi connectivity index (χ4v) is 3.79. The van der Waals surface area contributed by atoms with Crippen LogP contribution in [0, 0.1) is 10.8 Å². The minimum absolute atomic E-state index is 0.179. The van der Waals surface area contributed by atoms with E-state index < -0.39 is 0 Å². The molecule has 0 radical (unpaired) electrons. The van der Waals surface area contributed by atoms with Crippen LogP contribution in [0.2, 0.25) is 0 Å². The van der Waals surface area contributed by atoms with E-state index in [2.05, 4.69) is 58.9 Å². The monoisotopic (exact) mass is 260 g/mol. The van der Waals surface area contributed by atoms with Gasteiger partial charge in [-0.1, -0.05) is 59.2 Å². The molecule has 2 unspecified atom stereocenters. The first-order valence-corrected chi connectivity index (χ1v) is 7.67. The summed E-state index contributed by atoms with van der Waals surface area (Å²) >= 11 is 0. The average molecular weight is 260 g/mol. The van der Waals surface area contributed by atoms with E-state index in [0.29, 0.717) is 11.5 Å². The van der Waals surface area contributed by atoms with Gasteiger partial charge >= 0.3 is 0 Å². The summed E-state index contributed by atoms with van der Waals surface area (Å²) in [5.41, 5.74) is 1.86. The second-order valence-corrected chi connectivity index (χ2v) is 7.11. The molecule has 2 rings (SSSR count). The van der Waals surface area contributed by atoms with E-state index in [0.717, 1.165) is 12.2 Å². The zero-order valence-corrected chi connectivity index (χ0v) is 13.1. The van der Waals surface area contributed by atoms with E-state index in [9.17, 15) is 0 Å². The van der Waals surface area contributed by atoms with Gasteiger partial charge in [-0.05, 0) is 36.3 Å². The van der Waals surface area contributed by atoms with Gasteiger partial charge in [0.15, 0.2) is 0 Å². The number of benzene rings is 1. The van der Waals surface area contributed by atoms with E-state index in [4.69, 9.17) is 4.74 Å². The molecule has 106 valence electrons. The Morgan fingerprint density at radius 1 is 1.21 bits per heavy atom. The second-order valence-electron chi connectivity index (χ2n) is 7.11. The van der Waals surface area contributed by atoms with Crippen molar-refractivity contribution >= 4 is 0 Å². The zero-order chi connectivity index (χ0) is 14.1. The summed E-state index contributed by atoms with van der Waals surface area (Å²) in [5, 5.41) is 0. The van der Waals surface area contributed by atoms with Crippen LogP contribution in [-0.4, -0.2) is 6.10 Å². The highest BCUT2D eigenvalue weighted by Crippen LogP contribution is 2.49. The summed E-state index contributed by atoms with van der Waals surface area (Å²) in [6.45, 7) is 11.5. The van der Waals surface area contributed by atoms with E-state index in [1.807, 2.05) is 0 Å². The SMILES string of the molecule is CCCC1(CC)Cc2ccccc2OC1C(C)(C)C. The minimum atomic E-state index is 0.179. The predicted octanol–water partition coefficient (Wildman–Crippen LogP) is 5.23. The molecule has 0 N–H and O–H groups in total. The van der Waals surface area contributed by atoms with Crippen LogP contribution in [-0.2, 0) is 6.42 Å². The summed E-state index contributed by atoms with van der Waals surface area (Å²) in [4.78, 5) is 0. The molecule has 0 saturated carbocycles. The highest BCUT2D eigenvalue weighted by Gasteiger charge is 2.47. The zero-order valence-electron chi connectivity index (χ0n) is 13.1. The van der Waals surface area contributed by atoms with Gasteiger partial charge in [-0.15, -0.1) is 0 Å². The second kappa shape index (κ2) is 5.19. The summed E-state index contributed by atoms with van der Waals surface area (Å²) in [6.07, 6.45) is 5.14. The molecule has 0 fully saturated rings. The molecule has 0 spiro atoms. The van der Waals surface area contributed by atoms with Crippen molar-refractivity contribution in [2.45, 2.75) is 66.4 Å². The van der Waals surface area contributed by atoms with Crippen LogP contribution in [0.5, 0.6) is 5.75 Å². The van der Waals surface area contributed by atoms with Crippen molar-refractivity contribution in [2.75, 3.05) is 0 Å². The Hall–Kier alpha value is -0.980. The molecular formula is C18H28O. The van der Waals surface area contributed by atoms with E-state index in [-0.39, 0.29) is 5.41 Å². The molecule has 1 heteroatoms. The quantitative estimate of drug-likeness (QED) is 0.723. The predicted molar refractivity (Wildman–Crippen MR) is 81.6 cm³/mol. The van der Waals surface area contributed by atoms with Crippen molar-refractivity contribution in [3.8, 4) is 5.75 Å². The Bertz CT molecular complexity index is 430. The van der Waals surface area contributed by atoms with Crippen molar-refractivity contribution in [3.05, 3.63) is 29.8 Å². The lowest BCUT2D eigenvalue weighted by molar-refractivity contribution is -0.0533. The third-order valence-electron chi connectivity index (χ3n) is 4.55. The first kappa shape index (κ1) is 14.4. The summed E-state index contributed by atoms with van der Waals surface area (Å²) in [6, 6.07) is 8.57. The third kappa shape index (κ3) is 2.66. The number of hydrogen-bond donors (Lipinski definition) is 0. The fraction of sp³-hybridized carbons (Fsp3) is 0.667. The van der Waals surface area contributed by atoms with Crippen LogP contribution in [0.25, 0.3) is 0 Å². The van der Waals surface area contributed by atoms with Crippen molar-refractivity contribution in [1.82, 2.24) is 0 Å². The molecule has 1 heterocycles. The largest absolute Gasteiger partial charge is 0.489 e. The topological polar surface area (TPSA) is 9.23 Å². The van der Waals surface area contributed by atoms with Gasteiger partial charge in [0, 0.05) is 5.41 Å². The van der Waals surface area contributed by atoms with Gasteiger partial charge in [0.25, 0.3) is 0 Å². The molecule has 1 nitrogen and oxygen atoms in total. The van der Waals surface area contributed by atoms with Gasteiger partial charge in [-0.25, -0.2) is 0 Å². The number of hydrogen-bond acceptors (Lipinski definition) is 1. The smallest absolute Gasteiger partial charge is 0.122 e. The maximum Gasteiger partial charge on any atom is 0.122 e. The Labute approximate surface area is 118 Å².